The molecule has 4 aliphatic carbocycles. The average Bonchev–Trinajstić information content (AvgIpc) is 4.08. The number of carboxylic acid groups (broad SMARTS) is 2. The van der Waals surface area contributed by atoms with Crippen molar-refractivity contribution in [3.05, 3.63) is 175 Å². The standard InChI is InChI=1S/C52H37NO7S/c1-25-21-42(26-17-20-40-35(22-26)29-10-8-16-39(29)53(40)27-18-19-38-34(23-27)28-9-4-5-15-37(28)52(38,2)3)61-41(25)24-36-43(30-11-6-13-32(50(57)58)44(30)48(36)55)46-47(54)31-12-7-14-33(51(59)60)45(31)49(46)56/h4-7,9,11-15,17-24,29,39H,8,10,16H2,1-3H3,(H,57,58)(H,59,60)/b36-24-,46-43+. The maximum atomic E-state index is 14.4. The predicted octanol–water partition coefficient (Wildman–Crippen LogP) is 11.3. The highest BCUT2D eigenvalue weighted by atomic mass is 32.1. The van der Waals surface area contributed by atoms with Crippen molar-refractivity contribution in [3.8, 4) is 21.6 Å². The van der Waals surface area contributed by atoms with Crippen molar-refractivity contribution in [3.63, 3.8) is 0 Å². The molecule has 2 heterocycles. The van der Waals surface area contributed by atoms with Crippen LogP contribution >= 0.6 is 11.3 Å². The number of aryl methyl sites for hydroxylation is 1. The van der Waals surface area contributed by atoms with Crippen LogP contribution in [-0.2, 0) is 5.41 Å². The fourth-order valence-corrected chi connectivity index (χ4v) is 12.0. The van der Waals surface area contributed by atoms with Crippen LogP contribution < -0.4 is 4.90 Å². The monoisotopic (exact) mass is 819 g/mol. The lowest BCUT2D eigenvalue weighted by Gasteiger charge is -2.28. The van der Waals surface area contributed by atoms with Gasteiger partial charge in [-0.2, -0.15) is 0 Å². The van der Waals surface area contributed by atoms with Gasteiger partial charge >= 0.3 is 11.9 Å². The van der Waals surface area contributed by atoms with E-state index in [0.29, 0.717) is 16.8 Å². The van der Waals surface area contributed by atoms with Crippen molar-refractivity contribution in [1.29, 1.82) is 0 Å². The van der Waals surface area contributed by atoms with E-state index in [2.05, 4.69) is 85.5 Å². The molecule has 1 aliphatic heterocycles. The van der Waals surface area contributed by atoms with Gasteiger partial charge in [0.15, 0.2) is 17.3 Å². The third kappa shape index (κ3) is 5.13. The Kier molecular flexibility index (Phi) is 7.91. The normalized spacial score (nSPS) is 20.8. The third-order valence-corrected chi connectivity index (χ3v) is 14.9. The van der Waals surface area contributed by atoms with Gasteiger partial charge in [0.05, 0.1) is 16.7 Å². The van der Waals surface area contributed by atoms with Crippen LogP contribution in [0.1, 0.15) is 124 Å². The highest BCUT2D eigenvalue weighted by Gasteiger charge is 2.46. The fraction of sp³-hybridized carbons (Fsp3) is 0.173. The molecule has 11 rings (SSSR count). The van der Waals surface area contributed by atoms with Crippen molar-refractivity contribution < 1.29 is 34.2 Å². The van der Waals surface area contributed by atoms with Crippen LogP contribution in [0.2, 0.25) is 0 Å². The summed E-state index contributed by atoms with van der Waals surface area (Å²) in [5, 5.41) is 20.0. The summed E-state index contributed by atoms with van der Waals surface area (Å²) >= 11 is 1.48. The van der Waals surface area contributed by atoms with E-state index in [1.807, 2.05) is 6.92 Å². The topological polar surface area (TPSA) is 129 Å². The largest absolute Gasteiger partial charge is 0.478 e. The Morgan fingerprint density at radius 2 is 1.39 bits per heavy atom. The molecular weight excluding hydrogens is 783 g/mol. The third-order valence-electron chi connectivity index (χ3n) is 13.6. The molecule has 9 heteroatoms. The van der Waals surface area contributed by atoms with E-state index in [9.17, 15) is 34.2 Å². The molecule has 1 fully saturated rings. The molecule has 5 aromatic carbocycles. The number of nitrogens with zero attached hydrogens (tertiary/aromatic N) is 1. The van der Waals surface area contributed by atoms with Crippen LogP contribution in [0, 0.1) is 6.92 Å². The number of thiophene rings is 1. The molecule has 2 unspecified atom stereocenters. The lowest BCUT2D eigenvalue weighted by molar-refractivity contribution is 0.0684. The first-order valence-corrected chi connectivity index (χ1v) is 21.3. The van der Waals surface area contributed by atoms with Gasteiger partial charge in [0.25, 0.3) is 0 Å². The number of rotatable bonds is 5. The zero-order valence-corrected chi connectivity index (χ0v) is 34.3. The molecule has 0 spiro atoms. The Balaban J connectivity index is 1.00. The summed E-state index contributed by atoms with van der Waals surface area (Å²) in [6.45, 7) is 6.54. The zero-order valence-electron chi connectivity index (χ0n) is 33.5. The molecule has 8 nitrogen and oxygen atoms in total. The molecule has 5 aliphatic rings. The first kappa shape index (κ1) is 37.1. The van der Waals surface area contributed by atoms with Gasteiger partial charge in [0.2, 0.25) is 0 Å². The molecule has 6 aromatic rings. The summed E-state index contributed by atoms with van der Waals surface area (Å²) in [7, 11) is 0. The first-order chi connectivity index (χ1) is 29.3. The minimum absolute atomic E-state index is 0.0142. The van der Waals surface area contributed by atoms with Crippen molar-refractivity contribution >= 4 is 63.6 Å². The average molecular weight is 820 g/mol. The number of aromatic carboxylic acids is 2. The van der Waals surface area contributed by atoms with Gasteiger partial charge in [-0.3, -0.25) is 14.4 Å². The number of carbonyl (C=O) groups excluding carboxylic acids is 3. The quantitative estimate of drug-likeness (QED) is 0.130. The van der Waals surface area contributed by atoms with Crippen LogP contribution in [0.25, 0.3) is 33.2 Å². The van der Waals surface area contributed by atoms with Crippen LogP contribution in [0.15, 0.2) is 114 Å². The van der Waals surface area contributed by atoms with Gasteiger partial charge < -0.3 is 15.1 Å². The number of carboxylic acids is 2. The minimum Gasteiger partial charge on any atom is -0.478 e. The number of benzene rings is 5. The maximum Gasteiger partial charge on any atom is 0.336 e. The number of anilines is 2. The Morgan fingerprint density at radius 3 is 2.15 bits per heavy atom. The molecule has 2 atom stereocenters. The Morgan fingerprint density at radius 1 is 0.705 bits per heavy atom. The number of allylic oxidation sites excluding steroid dienone is 3. The van der Waals surface area contributed by atoms with Crippen LogP contribution in [0.5, 0.6) is 0 Å². The SMILES string of the molecule is Cc1cc(-c2ccc3c(c2)C2CCCC2N3c2ccc3c(c2)-c2ccccc2C3(C)C)sc1/C=C1\C(=O)c2c(C(=O)O)cccc2\C1=C1\C(=O)c2cccc(C(=O)O)c2C1=O. The minimum atomic E-state index is -1.36. The summed E-state index contributed by atoms with van der Waals surface area (Å²) in [6.07, 6.45) is 5.01. The van der Waals surface area contributed by atoms with Crippen LogP contribution in [0.3, 0.4) is 0 Å². The van der Waals surface area contributed by atoms with E-state index in [4.69, 9.17) is 0 Å². The highest BCUT2D eigenvalue weighted by Crippen LogP contribution is 2.56. The number of hydrogen-bond acceptors (Lipinski definition) is 7. The number of hydrogen-bond donors (Lipinski definition) is 2. The van der Waals surface area contributed by atoms with Gasteiger partial charge in [0.1, 0.15) is 0 Å². The number of Topliss-reactive ketones (excluding diaryl/α,β-unsaturated/α-hetero) is 3. The van der Waals surface area contributed by atoms with E-state index in [1.165, 1.54) is 86.9 Å². The number of ketones is 3. The predicted molar refractivity (Wildman–Crippen MR) is 236 cm³/mol. The highest BCUT2D eigenvalue weighted by molar-refractivity contribution is 7.16. The summed E-state index contributed by atoms with van der Waals surface area (Å²) in [4.78, 5) is 71.4. The van der Waals surface area contributed by atoms with Crippen molar-refractivity contribution in [2.75, 3.05) is 4.90 Å². The van der Waals surface area contributed by atoms with Gasteiger partial charge in [0, 0.05) is 66.3 Å². The Hall–Kier alpha value is -6.97. The molecular formula is C52H37NO7S. The second-order valence-electron chi connectivity index (χ2n) is 17.2. The lowest BCUT2D eigenvalue weighted by atomic mass is 9.82. The van der Waals surface area contributed by atoms with Crippen molar-refractivity contribution in [2.45, 2.75) is 57.4 Å². The molecule has 0 radical (unpaired) electrons. The van der Waals surface area contributed by atoms with Gasteiger partial charge in [-0.25, -0.2) is 9.59 Å². The zero-order chi connectivity index (χ0) is 42.2. The summed E-state index contributed by atoms with van der Waals surface area (Å²) in [5.74, 6) is -4.44. The Bertz CT molecular complexity index is 3140. The second-order valence-corrected chi connectivity index (χ2v) is 18.3. The summed E-state index contributed by atoms with van der Waals surface area (Å²) in [6, 6.07) is 33.2. The van der Waals surface area contributed by atoms with E-state index in [1.54, 1.807) is 6.08 Å². The Labute approximate surface area is 355 Å². The molecule has 0 saturated heterocycles. The van der Waals surface area contributed by atoms with Gasteiger partial charge in [-0.1, -0.05) is 80.9 Å². The van der Waals surface area contributed by atoms with E-state index in [0.717, 1.165) is 35.3 Å². The molecule has 61 heavy (non-hydrogen) atoms. The van der Waals surface area contributed by atoms with Crippen LogP contribution in [0.4, 0.5) is 11.4 Å². The van der Waals surface area contributed by atoms with Gasteiger partial charge in [-0.15, -0.1) is 11.3 Å². The fourth-order valence-electron chi connectivity index (χ4n) is 10.9. The number of fused-ring (bicyclic) bond motifs is 8. The number of carbonyl (C=O) groups is 5. The molecule has 1 aromatic heterocycles. The maximum absolute atomic E-state index is 14.4. The summed E-state index contributed by atoms with van der Waals surface area (Å²) in [5.41, 5.74) is 9.74. The second kappa shape index (κ2) is 13.0. The van der Waals surface area contributed by atoms with Crippen LogP contribution in [-0.4, -0.2) is 45.5 Å². The molecule has 298 valence electrons. The molecule has 0 bridgehead atoms. The first-order valence-electron chi connectivity index (χ1n) is 20.5. The van der Waals surface area contributed by atoms with E-state index < -0.39 is 29.3 Å². The van der Waals surface area contributed by atoms with E-state index >= 15 is 0 Å². The molecule has 2 N–H and O–H groups in total. The van der Waals surface area contributed by atoms with Crippen molar-refractivity contribution in [1.82, 2.24) is 0 Å². The van der Waals surface area contributed by atoms with Gasteiger partial charge in [-0.05, 0) is 113 Å². The summed E-state index contributed by atoms with van der Waals surface area (Å²) < 4.78 is 0. The smallest absolute Gasteiger partial charge is 0.336 e. The lowest BCUT2D eigenvalue weighted by Crippen LogP contribution is -2.26. The van der Waals surface area contributed by atoms with E-state index in [-0.39, 0.29) is 55.5 Å². The van der Waals surface area contributed by atoms with Crippen molar-refractivity contribution in [2.24, 2.45) is 0 Å². The molecule has 1 saturated carbocycles. The molecule has 0 amide bonds.